The summed E-state index contributed by atoms with van der Waals surface area (Å²) in [4.78, 5) is 28.9. The summed E-state index contributed by atoms with van der Waals surface area (Å²) >= 11 is 0. The molecule has 1 unspecified atom stereocenters. The first-order valence-corrected chi connectivity index (χ1v) is 9.35. The van der Waals surface area contributed by atoms with E-state index in [1.807, 2.05) is 0 Å². The summed E-state index contributed by atoms with van der Waals surface area (Å²) in [6.07, 6.45) is 0.221. The normalized spacial score (nSPS) is 19.9. The molecule has 2 fully saturated rings. The van der Waals surface area contributed by atoms with E-state index >= 15 is 0 Å². The molecule has 0 aliphatic carbocycles. The lowest BCUT2D eigenvalue weighted by Crippen LogP contribution is -2.46. The van der Waals surface area contributed by atoms with Crippen molar-refractivity contribution in [3.63, 3.8) is 0 Å². The van der Waals surface area contributed by atoms with Gasteiger partial charge in [0.05, 0.1) is 25.8 Å². The minimum atomic E-state index is -0.335. The van der Waals surface area contributed by atoms with Crippen LogP contribution in [0.5, 0.6) is 11.5 Å². The maximum Gasteiger partial charge on any atom is 0.227 e. The van der Waals surface area contributed by atoms with Crippen LogP contribution in [0.25, 0.3) is 0 Å². The summed E-state index contributed by atoms with van der Waals surface area (Å²) in [7, 11) is 3.14. The Labute approximate surface area is 171 Å². The van der Waals surface area contributed by atoms with Gasteiger partial charge in [0.1, 0.15) is 11.5 Å². The van der Waals surface area contributed by atoms with E-state index in [2.05, 4.69) is 15.5 Å². The summed E-state index contributed by atoms with van der Waals surface area (Å²) < 4.78 is 10.5. The molecule has 1 aromatic carbocycles. The van der Waals surface area contributed by atoms with Gasteiger partial charge in [-0.1, -0.05) is 0 Å². The molecule has 28 heavy (non-hydrogen) atoms. The molecule has 3 rings (SSSR count). The zero-order chi connectivity index (χ0) is 19.2. The van der Waals surface area contributed by atoms with Crippen molar-refractivity contribution in [1.82, 2.24) is 15.5 Å². The molecule has 8 nitrogen and oxygen atoms in total. The van der Waals surface area contributed by atoms with Crippen LogP contribution < -0.4 is 25.0 Å². The fourth-order valence-corrected chi connectivity index (χ4v) is 3.50. The van der Waals surface area contributed by atoms with Gasteiger partial charge in [0.2, 0.25) is 11.8 Å². The van der Waals surface area contributed by atoms with Gasteiger partial charge in [-0.05, 0) is 0 Å². The number of nitrogens with one attached hydrogen (secondary N) is 2. The molecular formula is C19H29ClN4O4. The Hall–Kier alpha value is -2.03. The van der Waals surface area contributed by atoms with Crippen LogP contribution in [0, 0.1) is 5.92 Å². The van der Waals surface area contributed by atoms with Gasteiger partial charge in [0.25, 0.3) is 0 Å². The number of hydrogen-bond donors (Lipinski definition) is 2. The molecule has 0 bridgehead atoms. The van der Waals surface area contributed by atoms with E-state index in [4.69, 9.17) is 9.47 Å². The minimum absolute atomic E-state index is 0. The Kier molecular flexibility index (Phi) is 8.35. The lowest BCUT2D eigenvalue weighted by atomic mass is 10.1. The standard InChI is InChI=1S/C19H28N4O4.ClH/c1-26-16-10-15(11-17(12-16)27-2)23-13-14(9-18(23)24)19(25)21-5-8-22-6-3-20-4-7-22;/h10-12,14,20H,3-9,13H2,1-2H3,(H,21,25);1H. The number of carbonyl (C=O) groups excluding carboxylic acids is 2. The number of methoxy groups -OCH3 is 2. The van der Waals surface area contributed by atoms with Crippen LogP contribution >= 0.6 is 12.4 Å². The number of piperazine rings is 1. The second kappa shape index (κ2) is 10.5. The topological polar surface area (TPSA) is 83.1 Å². The van der Waals surface area contributed by atoms with E-state index < -0.39 is 0 Å². The third-order valence-electron chi connectivity index (χ3n) is 5.08. The van der Waals surface area contributed by atoms with Gasteiger partial charge in [-0.15, -0.1) is 12.4 Å². The van der Waals surface area contributed by atoms with Crippen molar-refractivity contribution in [2.75, 3.05) is 64.9 Å². The number of carbonyl (C=O) groups is 2. The van der Waals surface area contributed by atoms with Crippen molar-refractivity contribution in [2.24, 2.45) is 5.92 Å². The molecule has 156 valence electrons. The highest BCUT2D eigenvalue weighted by molar-refractivity contribution is 6.00. The highest BCUT2D eigenvalue weighted by atomic mass is 35.5. The molecule has 0 aromatic heterocycles. The summed E-state index contributed by atoms with van der Waals surface area (Å²) in [6, 6.07) is 5.32. The molecule has 0 spiro atoms. The van der Waals surface area contributed by atoms with Crippen molar-refractivity contribution >= 4 is 29.9 Å². The first-order chi connectivity index (χ1) is 13.1. The highest BCUT2D eigenvalue weighted by Crippen LogP contribution is 2.32. The summed E-state index contributed by atoms with van der Waals surface area (Å²) in [5.74, 6) is 0.767. The molecule has 2 saturated heterocycles. The lowest BCUT2D eigenvalue weighted by molar-refractivity contribution is -0.126. The number of benzene rings is 1. The molecule has 2 amide bonds. The predicted octanol–water partition coefficient (Wildman–Crippen LogP) is 0.500. The Morgan fingerprint density at radius 3 is 2.43 bits per heavy atom. The average molecular weight is 413 g/mol. The molecule has 9 heteroatoms. The Morgan fingerprint density at radius 2 is 1.82 bits per heavy atom. The molecule has 0 radical (unpaired) electrons. The highest BCUT2D eigenvalue weighted by Gasteiger charge is 2.35. The molecule has 1 aromatic rings. The molecule has 1 atom stereocenters. The summed E-state index contributed by atoms with van der Waals surface area (Å²) in [5.41, 5.74) is 0.687. The molecule has 0 saturated carbocycles. The molecule has 2 aliphatic rings. The fourth-order valence-electron chi connectivity index (χ4n) is 3.50. The number of ether oxygens (including phenoxy) is 2. The van der Waals surface area contributed by atoms with Crippen LogP contribution in [-0.2, 0) is 9.59 Å². The van der Waals surface area contributed by atoms with Crippen molar-refractivity contribution < 1.29 is 19.1 Å². The number of amides is 2. The molecule has 2 aliphatic heterocycles. The fraction of sp³-hybridized carbons (Fsp3) is 0.579. The number of nitrogens with zero attached hydrogens (tertiary/aromatic N) is 2. The maximum absolute atomic E-state index is 12.5. The Morgan fingerprint density at radius 1 is 1.18 bits per heavy atom. The van der Waals surface area contributed by atoms with Gasteiger partial charge in [-0.2, -0.15) is 0 Å². The van der Waals surface area contributed by atoms with Crippen LogP contribution in [0.4, 0.5) is 5.69 Å². The smallest absolute Gasteiger partial charge is 0.227 e. The van der Waals surface area contributed by atoms with Crippen LogP contribution in [0.1, 0.15) is 6.42 Å². The third kappa shape index (κ3) is 5.50. The summed E-state index contributed by atoms with van der Waals surface area (Å²) in [6.45, 7) is 5.80. The largest absolute Gasteiger partial charge is 0.497 e. The second-order valence-corrected chi connectivity index (χ2v) is 6.86. The number of halogens is 1. The SMILES string of the molecule is COc1cc(OC)cc(N2CC(C(=O)NCCN3CCNCC3)CC2=O)c1.Cl. The van der Waals surface area contributed by atoms with E-state index in [1.54, 1.807) is 37.3 Å². The van der Waals surface area contributed by atoms with Crippen LogP contribution in [0.2, 0.25) is 0 Å². The van der Waals surface area contributed by atoms with E-state index in [9.17, 15) is 9.59 Å². The Bertz CT molecular complexity index is 660. The van der Waals surface area contributed by atoms with Gasteiger partial charge in [0.15, 0.2) is 0 Å². The van der Waals surface area contributed by atoms with Crippen LogP contribution in [-0.4, -0.2) is 76.7 Å². The van der Waals surface area contributed by atoms with Crippen LogP contribution in [0.3, 0.4) is 0 Å². The number of rotatable bonds is 7. The van der Waals surface area contributed by atoms with Crippen LogP contribution in [0.15, 0.2) is 18.2 Å². The van der Waals surface area contributed by atoms with Crippen molar-refractivity contribution in [2.45, 2.75) is 6.42 Å². The van der Waals surface area contributed by atoms with Gasteiger partial charge < -0.3 is 25.0 Å². The van der Waals surface area contributed by atoms with Crippen molar-refractivity contribution in [3.05, 3.63) is 18.2 Å². The van der Waals surface area contributed by atoms with E-state index in [-0.39, 0.29) is 36.6 Å². The van der Waals surface area contributed by atoms with Gasteiger partial charge in [-0.3, -0.25) is 14.5 Å². The van der Waals surface area contributed by atoms with Crippen molar-refractivity contribution in [1.29, 1.82) is 0 Å². The summed E-state index contributed by atoms with van der Waals surface area (Å²) in [5, 5.41) is 6.29. The van der Waals surface area contributed by atoms with E-state index in [1.165, 1.54) is 0 Å². The van der Waals surface area contributed by atoms with E-state index in [0.717, 1.165) is 32.7 Å². The number of anilines is 1. The third-order valence-corrected chi connectivity index (χ3v) is 5.08. The molecule has 2 heterocycles. The second-order valence-electron chi connectivity index (χ2n) is 6.86. The van der Waals surface area contributed by atoms with Crippen molar-refractivity contribution in [3.8, 4) is 11.5 Å². The molecular weight excluding hydrogens is 384 g/mol. The monoisotopic (exact) mass is 412 g/mol. The zero-order valence-electron chi connectivity index (χ0n) is 16.4. The first kappa shape index (κ1) is 22.3. The first-order valence-electron chi connectivity index (χ1n) is 9.35. The zero-order valence-corrected chi connectivity index (χ0v) is 17.2. The van der Waals surface area contributed by atoms with Gasteiger partial charge in [0, 0.05) is 70.4 Å². The minimum Gasteiger partial charge on any atom is -0.497 e. The Balaban J connectivity index is 0.00000280. The van der Waals surface area contributed by atoms with Gasteiger partial charge in [-0.25, -0.2) is 0 Å². The van der Waals surface area contributed by atoms with Gasteiger partial charge >= 0.3 is 0 Å². The quantitative estimate of drug-likeness (QED) is 0.678. The predicted molar refractivity (Wildman–Crippen MR) is 110 cm³/mol. The average Bonchev–Trinajstić information content (AvgIpc) is 3.10. The maximum atomic E-state index is 12.5. The molecule has 2 N–H and O–H groups in total. The van der Waals surface area contributed by atoms with E-state index in [0.29, 0.717) is 30.3 Å². The number of hydrogen-bond acceptors (Lipinski definition) is 6. The lowest BCUT2D eigenvalue weighted by Gasteiger charge is -2.27.